The number of ether oxygens (including phenoxy) is 1. The largest absolute Gasteiger partial charge is 0.490 e. The van der Waals surface area contributed by atoms with Crippen LogP contribution in [-0.2, 0) is 40.3 Å². The number of halogens is 1. The van der Waals surface area contributed by atoms with Crippen LogP contribution in [0.1, 0.15) is 91.9 Å². The second-order valence-electron chi connectivity index (χ2n) is 14.9. The van der Waals surface area contributed by atoms with E-state index in [9.17, 15) is 28.8 Å². The van der Waals surface area contributed by atoms with Crippen LogP contribution in [0.3, 0.4) is 0 Å². The van der Waals surface area contributed by atoms with E-state index in [1.807, 2.05) is 28.0 Å². The maximum atomic E-state index is 13.6. The van der Waals surface area contributed by atoms with Crippen LogP contribution in [0.4, 0.5) is 5.69 Å². The topological polar surface area (TPSA) is 150 Å². The van der Waals surface area contributed by atoms with Crippen LogP contribution in [0.15, 0.2) is 48.5 Å². The van der Waals surface area contributed by atoms with Crippen molar-refractivity contribution >= 4 is 52.7 Å². The molecule has 4 aliphatic heterocycles. The van der Waals surface area contributed by atoms with Crippen molar-refractivity contribution in [2.75, 3.05) is 19.6 Å². The summed E-state index contributed by atoms with van der Waals surface area (Å²) in [6.45, 7) is 9.32. The van der Waals surface area contributed by atoms with E-state index < -0.39 is 29.7 Å². The van der Waals surface area contributed by atoms with Crippen LogP contribution in [0.2, 0.25) is 5.02 Å². The molecule has 0 aromatic heterocycles. The number of nitrogens with one attached hydrogen (secondary N) is 2. The van der Waals surface area contributed by atoms with Crippen LogP contribution >= 0.6 is 11.6 Å². The highest BCUT2D eigenvalue weighted by Crippen LogP contribution is 2.34. The molecule has 1 aliphatic carbocycles. The number of benzene rings is 3. The third kappa shape index (κ3) is 7.32. The summed E-state index contributed by atoms with van der Waals surface area (Å²) in [4.78, 5) is 85.7. The van der Waals surface area contributed by atoms with Gasteiger partial charge in [0.2, 0.25) is 23.4 Å². The van der Waals surface area contributed by atoms with Gasteiger partial charge in [-0.05, 0) is 104 Å². The Bertz CT molecular complexity index is 2150. The number of carbonyl (C=O) groups is 6. The van der Waals surface area contributed by atoms with E-state index in [-0.39, 0.29) is 54.5 Å². The minimum absolute atomic E-state index is 0.00891. The number of rotatable bonds is 7. The maximum absolute atomic E-state index is 13.6. The first-order valence-electron chi connectivity index (χ1n) is 18.7. The molecule has 1 saturated carbocycles. The fourth-order valence-electron chi connectivity index (χ4n) is 8.40. The predicted octanol–water partition coefficient (Wildman–Crippen LogP) is 4.35. The standard InChI is InChI=1S/C41H39ClN6O7/c1-43-34-9-8-30(19-33(34)42)55-29-6-4-28(5-7-29)44-38(51)25-3-2-23-12-14-47(15-13-24(23)16-25)37(50)22-46-20-26-17-31-32(18-27(26)21-46)41(54)48(40(31)53)35-10-11-36(49)45-39(35)52/h2-3,8-9,16-19,28-29,35H,4-7,10-15,20-22H2,(H,44,51)(H,45,49,52). The molecule has 13 nitrogen and oxygen atoms in total. The van der Waals surface area contributed by atoms with Gasteiger partial charge in [0.1, 0.15) is 11.8 Å². The molecule has 8 rings (SSSR count). The van der Waals surface area contributed by atoms with E-state index in [2.05, 4.69) is 15.5 Å². The minimum atomic E-state index is -1.01. The Morgan fingerprint density at radius 2 is 1.53 bits per heavy atom. The van der Waals surface area contributed by atoms with Crippen molar-refractivity contribution in [3.8, 4) is 5.75 Å². The molecule has 3 aromatic rings. The number of hydrogen-bond acceptors (Lipinski definition) is 8. The summed E-state index contributed by atoms with van der Waals surface area (Å²) in [5, 5.41) is 5.78. The molecule has 0 spiro atoms. The third-order valence-electron chi connectivity index (χ3n) is 11.4. The molecule has 55 heavy (non-hydrogen) atoms. The Morgan fingerprint density at radius 3 is 2.18 bits per heavy atom. The first-order chi connectivity index (χ1) is 26.5. The van der Waals surface area contributed by atoms with E-state index in [0.717, 1.165) is 52.8 Å². The zero-order chi connectivity index (χ0) is 38.4. The molecule has 0 radical (unpaired) electrons. The fourth-order valence-corrected chi connectivity index (χ4v) is 8.61. The molecule has 1 unspecified atom stereocenters. The quantitative estimate of drug-likeness (QED) is 0.267. The molecule has 4 heterocycles. The molecule has 2 N–H and O–H groups in total. The molecule has 1 atom stereocenters. The van der Waals surface area contributed by atoms with Crippen LogP contribution < -0.4 is 15.4 Å². The summed E-state index contributed by atoms with van der Waals surface area (Å²) in [6, 6.07) is 13.3. The normalized spacial score (nSPS) is 22.3. The number of hydrogen-bond donors (Lipinski definition) is 2. The number of carbonyl (C=O) groups excluding carboxylic acids is 6. The van der Waals surface area contributed by atoms with Crippen molar-refractivity contribution in [2.45, 2.75) is 82.6 Å². The van der Waals surface area contributed by atoms with E-state index in [1.54, 1.807) is 30.3 Å². The maximum Gasteiger partial charge on any atom is 0.262 e. The fraction of sp³-hybridized carbons (Fsp3) is 0.390. The lowest BCUT2D eigenvalue weighted by molar-refractivity contribution is -0.136. The summed E-state index contributed by atoms with van der Waals surface area (Å²) >= 11 is 6.16. The predicted molar refractivity (Wildman–Crippen MR) is 200 cm³/mol. The third-order valence-corrected chi connectivity index (χ3v) is 11.7. The highest BCUT2D eigenvalue weighted by molar-refractivity contribution is 6.33. The Hall–Kier alpha value is -5.58. The monoisotopic (exact) mass is 762 g/mol. The lowest BCUT2D eigenvalue weighted by atomic mass is 9.92. The summed E-state index contributed by atoms with van der Waals surface area (Å²) < 4.78 is 6.10. The average molecular weight is 763 g/mol. The van der Waals surface area contributed by atoms with Gasteiger partial charge in [0.25, 0.3) is 17.7 Å². The van der Waals surface area contributed by atoms with E-state index in [4.69, 9.17) is 22.9 Å². The number of fused-ring (bicyclic) bond motifs is 3. The molecular weight excluding hydrogens is 724 g/mol. The lowest BCUT2D eigenvalue weighted by Gasteiger charge is -2.29. The second kappa shape index (κ2) is 14.9. The van der Waals surface area contributed by atoms with Crippen LogP contribution in [0.25, 0.3) is 4.85 Å². The van der Waals surface area contributed by atoms with E-state index >= 15 is 0 Å². The van der Waals surface area contributed by atoms with Gasteiger partial charge in [-0.3, -0.25) is 43.9 Å². The summed E-state index contributed by atoms with van der Waals surface area (Å²) in [7, 11) is 0. The molecule has 6 amide bonds. The zero-order valence-electron chi connectivity index (χ0n) is 30.1. The Labute approximate surface area is 322 Å². The number of nitrogens with zero attached hydrogens (tertiary/aromatic N) is 4. The van der Waals surface area contributed by atoms with Crippen LogP contribution in [0.5, 0.6) is 5.75 Å². The molecule has 14 heteroatoms. The average Bonchev–Trinajstić information content (AvgIpc) is 3.56. The molecule has 5 aliphatic rings. The first-order valence-corrected chi connectivity index (χ1v) is 19.1. The van der Waals surface area contributed by atoms with Crippen LogP contribution in [0, 0.1) is 6.57 Å². The van der Waals surface area contributed by atoms with Gasteiger partial charge >= 0.3 is 0 Å². The summed E-state index contributed by atoms with van der Waals surface area (Å²) in [6.07, 6.45) is 4.64. The number of amides is 6. The van der Waals surface area contributed by atoms with Gasteiger partial charge in [0, 0.05) is 44.2 Å². The van der Waals surface area contributed by atoms with Gasteiger partial charge in [0.15, 0.2) is 0 Å². The highest BCUT2D eigenvalue weighted by atomic mass is 35.5. The van der Waals surface area contributed by atoms with Gasteiger partial charge in [0.05, 0.1) is 35.4 Å². The molecule has 1 saturated heterocycles. The smallest absolute Gasteiger partial charge is 0.262 e. The van der Waals surface area contributed by atoms with Crippen molar-refractivity contribution in [3.05, 3.63) is 104 Å². The molecule has 3 aromatic carbocycles. The SMILES string of the molecule is [C-]#[N+]c1ccc(OC2CCC(NC(=O)c3ccc4c(c3)CCN(C(=O)CN3Cc5cc6c(cc5C3)C(=O)N(C3CCC(=O)NC3=O)C6=O)CC4)CC2)cc1Cl. The van der Waals surface area contributed by atoms with Crippen molar-refractivity contribution in [3.63, 3.8) is 0 Å². The second-order valence-corrected chi connectivity index (χ2v) is 15.3. The Kier molecular flexibility index (Phi) is 9.88. The van der Waals surface area contributed by atoms with Crippen LogP contribution in [-0.4, -0.2) is 88.0 Å². The van der Waals surface area contributed by atoms with Gasteiger partial charge < -0.3 is 15.0 Å². The summed E-state index contributed by atoms with van der Waals surface area (Å²) in [5.41, 5.74) is 5.39. The van der Waals surface area contributed by atoms with E-state index in [1.165, 1.54) is 0 Å². The Balaban J connectivity index is 0.820. The number of piperidine rings is 1. The first kappa shape index (κ1) is 36.4. The molecular formula is C41H39ClN6O7. The van der Waals surface area contributed by atoms with E-state index in [0.29, 0.717) is 61.0 Å². The van der Waals surface area contributed by atoms with Crippen molar-refractivity contribution < 1.29 is 33.5 Å². The van der Waals surface area contributed by atoms with Gasteiger partial charge in [-0.2, -0.15) is 0 Å². The highest BCUT2D eigenvalue weighted by Gasteiger charge is 2.45. The van der Waals surface area contributed by atoms with Gasteiger partial charge in [-0.25, -0.2) is 4.85 Å². The van der Waals surface area contributed by atoms with Crippen molar-refractivity contribution in [2.24, 2.45) is 0 Å². The van der Waals surface area contributed by atoms with Gasteiger partial charge in [-0.15, -0.1) is 0 Å². The Morgan fingerprint density at radius 1 is 0.836 bits per heavy atom. The van der Waals surface area contributed by atoms with Gasteiger partial charge in [-0.1, -0.05) is 23.7 Å². The molecule has 282 valence electrons. The zero-order valence-corrected chi connectivity index (χ0v) is 30.8. The van der Waals surface area contributed by atoms with Crippen molar-refractivity contribution in [1.82, 2.24) is 25.3 Å². The van der Waals surface area contributed by atoms with Crippen molar-refractivity contribution in [1.29, 1.82) is 0 Å². The minimum Gasteiger partial charge on any atom is -0.490 e. The lowest BCUT2D eigenvalue weighted by Crippen LogP contribution is -2.54. The number of imide groups is 2. The summed E-state index contributed by atoms with van der Waals surface area (Å²) in [5.74, 6) is -1.63. The molecule has 2 fully saturated rings. The molecule has 0 bridgehead atoms.